The Hall–Kier alpha value is -1.35. The van der Waals surface area contributed by atoms with E-state index >= 15 is 0 Å². The number of nitrogens with zero attached hydrogens (tertiary/aromatic N) is 1. The standard InChI is InChI=1S/C15H19NO2/c17-14(18)15(8-4-1-5-9-15)16-10-12-6-2-3-7-13(12)11-16/h2-3,6-7H,1,4-5,8-11H2,(H,17,18). The fraction of sp³-hybridized carbons (Fsp3) is 0.533. The molecule has 0 radical (unpaired) electrons. The van der Waals surface area contributed by atoms with Crippen molar-refractivity contribution in [2.45, 2.75) is 50.7 Å². The highest BCUT2D eigenvalue weighted by atomic mass is 16.4. The zero-order valence-corrected chi connectivity index (χ0v) is 10.6. The Morgan fingerprint density at radius 2 is 1.61 bits per heavy atom. The smallest absolute Gasteiger partial charge is 0.324 e. The van der Waals surface area contributed by atoms with Gasteiger partial charge in [0.05, 0.1) is 0 Å². The van der Waals surface area contributed by atoms with Crippen LogP contribution in [0, 0.1) is 0 Å². The van der Waals surface area contributed by atoms with Gasteiger partial charge in [-0.15, -0.1) is 0 Å². The number of hydrogen-bond donors (Lipinski definition) is 1. The fourth-order valence-electron chi connectivity index (χ4n) is 3.44. The molecule has 96 valence electrons. The second-order valence-corrected chi connectivity index (χ2v) is 5.52. The van der Waals surface area contributed by atoms with Gasteiger partial charge in [-0.25, -0.2) is 0 Å². The van der Waals surface area contributed by atoms with Crippen molar-refractivity contribution in [3.05, 3.63) is 35.4 Å². The van der Waals surface area contributed by atoms with Crippen LogP contribution >= 0.6 is 0 Å². The summed E-state index contributed by atoms with van der Waals surface area (Å²) in [6.07, 6.45) is 4.86. The van der Waals surface area contributed by atoms with Gasteiger partial charge < -0.3 is 5.11 Å². The molecule has 1 aromatic rings. The Bertz CT molecular complexity index is 438. The van der Waals surface area contributed by atoms with Crippen molar-refractivity contribution in [2.75, 3.05) is 0 Å². The van der Waals surface area contributed by atoms with E-state index in [-0.39, 0.29) is 0 Å². The van der Waals surface area contributed by atoms with Gasteiger partial charge in [-0.1, -0.05) is 43.5 Å². The molecule has 3 heteroatoms. The molecule has 1 aliphatic carbocycles. The van der Waals surface area contributed by atoms with Crippen LogP contribution in [0.5, 0.6) is 0 Å². The second-order valence-electron chi connectivity index (χ2n) is 5.52. The maximum atomic E-state index is 11.8. The number of carboxylic acid groups (broad SMARTS) is 1. The lowest BCUT2D eigenvalue weighted by atomic mass is 9.80. The Kier molecular flexibility index (Phi) is 2.86. The van der Waals surface area contributed by atoms with E-state index in [9.17, 15) is 9.90 Å². The molecular weight excluding hydrogens is 226 g/mol. The number of aliphatic carboxylic acids is 1. The lowest BCUT2D eigenvalue weighted by molar-refractivity contribution is -0.155. The van der Waals surface area contributed by atoms with Crippen LogP contribution in [0.1, 0.15) is 43.2 Å². The first-order chi connectivity index (χ1) is 8.72. The zero-order valence-electron chi connectivity index (χ0n) is 10.6. The first kappa shape index (κ1) is 11.7. The zero-order chi connectivity index (χ0) is 12.6. The van der Waals surface area contributed by atoms with Crippen molar-refractivity contribution in [2.24, 2.45) is 0 Å². The largest absolute Gasteiger partial charge is 0.480 e. The third kappa shape index (κ3) is 1.74. The van der Waals surface area contributed by atoms with E-state index < -0.39 is 11.5 Å². The SMILES string of the molecule is O=C(O)C1(N2Cc3ccccc3C2)CCCCC1. The first-order valence-corrected chi connectivity index (χ1v) is 6.78. The molecule has 1 saturated carbocycles. The minimum absolute atomic E-state index is 0.614. The van der Waals surface area contributed by atoms with Gasteiger partial charge in [0.15, 0.2) is 0 Å². The number of carbonyl (C=O) groups is 1. The van der Waals surface area contributed by atoms with Crippen molar-refractivity contribution in [1.82, 2.24) is 4.90 Å². The molecule has 3 rings (SSSR count). The van der Waals surface area contributed by atoms with Crippen molar-refractivity contribution < 1.29 is 9.90 Å². The average molecular weight is 245 g/mol. The quantitative estimate of drug-likeness (QED) is 0.871. The minimum atomic E-state index is -0.630. The summed E-state index contributed by atoms with van der Waals surface area (Å²) in [6, 6.07) is 8.31. The summed E-state index contributed by atoms with van der Waals surface area (Å²) in [6.45, 7) is 1.59. The predicted molar refractivity (Wildman–Crippen MR) is 69.1 cm³/mol. The number of hydrogen-bond acceptors (Lipinski definition) is 2. The highest BCUT2D eigenvalue weighted by Crippen LogP contribution is 2.39. The number of carboxylic acids is 1. The van der Waals surface area contributed by atoms with E-state index in [1.54, 1.807) is 0 Å². The molecule has 2 aliphatic rings. The summed E-state index contributed by atoms with van der Waals surface area (Å²) in [5.74, 6) is -0.630. The van der Waals surface area contributed by atoms with E-state index in [4.69, 9.17) is 0 Å². The van der Waals surface area contributed by atoms with E-state index in [2.05, 4.69) is 17.0 Å². The van der Waals surface area contributed by atoms with Crippen LogP contribution in [0.4, 0.5) is 0 Å². The van der Waals surface area contributed by atoms with Crippen molar-refractivity contribution in [3.8, 4) is 0 Å². The summed E-state index contributed by atoms with van der Waals surface area (Å²) < 4.78 is 0. The molecular formula is C15H19NO2. The molecule has 0 atom stereocenters. The maximum Gasteiger partial charge on any atom is 0.324 e. The molecule has 0 spiro atoms. The Balaban J connectivity index is 1.88. The molecule has 1 N–H and O–H groups in total. The molecule has 0 amide bonds. The summed E-state index contributed by atoms with van der Waals surface area (Å²) in [4.78, 5) is 14.0. The molecule has 18 heavy (non-hydrogen) atoms. The van der Waals surface area contributed by atoms with Crippen LogP contribution < -0.4 is 0 Å². The van der Waals surface area contributed by atoms with Crippen LogP contribution in [0.3, 0.4) is 0 Å². The van der Waals surface area contributed by atoms with Gasteiger partial charge in [0.2, 0.25) is 0 Å². The van der Waals surface area contributed by atoms with Crippen molar-refractivity contribution >= 4 is 5.97 Å². The topological polar surface area (TPSA) is 40.5 Å². The van der Waals surface area contributed by atoms with Gasteiger partial charge in [-0.2, -0.15) is 0 Å². The number of benzene rings is 1. The molecule has 0 saturated heterocycles. The van der Waals surface area contributed by atoms with Gasteiger partial charge in [-0.3, -0.25) is 9.69 Å². The van der Waals surface area contributed by atoms with Gasteiger partial charge in [-0.05, 0) is 24.0 Å². The molecule has 0 bridgehead atoms. The molecule has 1 heterocycles. The summed E-state index contributed by atoms with van der Waals surface area (Å²) in [5.41, 5.74) is 1.98. The lowest BCUT2D eigenvalue weighted by Gasteiger charge is -2.40. The highest BCUT2D eigenvalue weighted by molar-refractivity contribution is 5.79. The highest BCUT2D eigenvalue weighted by Gasteiger charge is 2.46. The van der Waals surface area contributed by atoms with Crippen LogP contribution in [-0.2, 0) is 17.9 Å². The van der Waals surface area contributed by atoms with Crippen molar-refractivity contribution in [1.29, 1.82) is 0 Å². The monoisotopic (exact) mass is 245 g/mol. The van der Waals surface area contributed by atoms with E-state index in [1.165, 1.54) is 17.5 Å². The van der Waals surface area contributed by atoms with Gasteiger partial charge in [0.25, 0.3) is 0 Å². The molecule has 1 aromatic carbocycles. The van der Waals surface area contributed by atoms with Gasteiger partial charge in [0.1, 0.15) is 5.54 Å². The summed E-state index contributed by atoms with van der Waals surface area (Å²) >= 11 is 0. The minimum Gasteiger partial charge on any atom is -0.480 e. The van der Waals surface area contributed by atoms with E-state index in [0.717, 1.165) is 38.8 Å². The lowest BCUT2D eigenvalue weighted by Crippen LogP contribution is -2.53. The Labute approximate surface area is 107 Å². The Morgan fingerprint density at radius 3 is 2.11 bits per heavy atom. The molecule has 0 unspecified atom stereocenters. The van der Waals surface area contributed by atoms with E-state index in [1.807, 2.05) is 12.1 Å². The van der Waals surface area contributed by atoms with Gasteiger partial charge >= 0.3 is 5.97 Å². The van der Waals surface area contributed by atoms with Crippen LogP contribution in [0.25, 0.3) is 0 Å². The second kappa shape index (κ2) is 4.39. The number of rotatable bonds is 2. The van der Waals surface area contributed by atoms with Crippen LogP contribution in [0.15, 0.2) is 24.3 Å². The average Bonchev–Trinajstić information content (AvgIpc) is 2.83. The third-order valence-electron chi connectivity index (χ3n) is 4.52. The summed E-state index contributed by atoms with van der Waals surface area (Å²) in [5, 5.41) is 9.69. The number of fused-ring (bicyclic) bond motifs is 1. The fourth-order valence-corrected chi connectivity index (χ4v) is 3.44. The normalized spacial score (nSPS) is 22.7. The molecule has 0 aromatic heterocycles. The molecule has 3 nitrogen and oxygen atoms in total. The first-order valence-electron chi connectivity index (χ1n) is 6.78. The third-order valence-corrected chi connectivity index (χ3v) is 4.52. The molecule has 1 fully saturated rings. The van der Waals surface area contributed by atoms with Crippen molar-refractivity contribution in [3.63, 3.8) is 0 Å². The summed E-state index contributed by atoms with van der Waals surface area (Å²) in [7, 11) is 0. The van der Waals surface area contributed by atoms with E-state index in [0.29, 0.717) is 0 Å². The van der Waals surface area contributed by atoms with Crippen LogP contribution in [-0.4, -0.2) is 21.5 Å². The van der Waals surface area contributed by atoms with Crippen LogP contribution in [0.2, 0.25) is 0 Å². The maximum absolute atomic E-state index is 11.8. The van der Waals surface area contributed by atoms with Gasteiger partial charge in [0, 0.05) is 13.1 Å². The predicted octanol–water partition coefficient (Wildman–Crippen LogP) is 2.79. The molecule has 1 aliphatic heterocycles. The Morgan fingerprint density at radius 1 is 1.06 bits per heavy atom.